The van der Waals surface area contributed by atoms with E-state index in [0.717, 1.165) is 57.3 Å². The molecule has 1 atom stereocenters. The standard InChI is InChI=1S/C19H30N4O3.HI/c1-20-19(22-9-13-25-17-4-2-8-21-14-17)23-10-6-16(7-11-23)26-15-18-5-3-12-24-18;/h2,4,8,14,16,18H,3,5-7,9-13,15H2,1H3,(H,20,22);1H. The van der Waals surface area contributed by atoms with Gasteiger partial charge in [0.2, 0.25) is 0 Å². The summed E-state index contributed by atoms with van der Waals surface area (Å²) in [4.78, 5) is 10.7. The number of rotatable bonds is 7. The molecule has 7 nitrogen and oxygen atoms in total. The zero-order valence-electron chi connectivity index (χ0n) is 16.0. The van der Waals surface area contributed by atoms with E-state index in [-0.39, 0.29) is 24.0 Å². The number of nitrogens with zero attached hydrogens (tertiary/aromatic N) is 3. The number of likely N-dealkylation sites (tertiary alicyclic amines) is 1. The van der Waals surface area contributed by atoms with Crippen LogP contribution in [0.3, 0.4) is 0 Å². The highest BCUT2D eigenvalue weighted by molar-refractivity contribution is 14.0. The first kappa shape index (κ1) is 22.2. The topological polar surface area (TPSA) is 68.2 Å². The van der Waals surface area contributed by atoms with Gasteiger partial charge in [-0.1, -0.05) is 0 Å². The fourth-order valence-electron chi connectivity index (χ4n) is 3.35. The van der Waals surface area contributed by atoms with E-state index in [1.165, 1.54) is 6.42 Å². The first-order valence-corrected chi connectivity index (χ1v) is 9.57. The number of nitrogens with one attached hydrogen (secondary N) is 1. The SMILES string of the molecule is CN=C(NCCOc1cccnc1)N1CCC(OCC2CCCO2)CC1.I. The Bertz CT molecular complexity index is 547. The van der Waals surface area contributed by atoms with Crippen LogP contribution in [0.4, 0.5) is 0 Å². The van der Waals surface area contributed by atoms with Crippen molar-refractivity contribution in [2.45, 2.75) is 37.9 Å². The van der Waals surface area contributed by atoms with Gasteiger partial charge in [0.25, 0.3) is 0 Å². The minimum atomic E-state index is 0. The highest BCUT2D eigenvalue weighted by Crippen LogP contribution is 2.17. The van der Waals surface area contributed by atoms with Crippen molar-refractivity contribution >= 4 is 29.9 Å². The Hall–Kier alpha value is -1.13. The fourth-order valence-corrected chi connectivity index (χ4v) is 3.35. The fraction of sp³-hybridized carbons (Fsp3) is 0.684. The molecule has 0 aliphatic carbocycles. The van der Waals surface area contributed by atoms with Crippen LogP contribution >= 0.6 is 24.0 Å². The van der Waals surface area contributed by atoms with Gasteiger partial charge in [-0.3, -0.25) is 9.98 Å². The number of halogens is 1. The molecular weight excluding hydrogens is 459 g/mol. The highest BCUT2D eigenvalue weighted by atomic mass is 127. The Morgan fingerprint density at radius 1 is 1.37 bits per heavy atom. The number of hydrogen-bond acceptors (Lipinski definition) is 5. The lowest BCUT2D eigenvalue weighted by atomic mass is 10.1. The predicted molar refractivity (Wildman–Crippen MR) is 116 cm³/mol. The van der Waals surface area contributed by atoms with Crippen LogP contribution in [0.2, 0.25) is 0 Å². The van der Waals surface area contributed by atoms with Gasteiger partial charge in [0.15, 0.2) is 5.96 Å². The molecule has 3 heterocycles. The summed E-state index contributed by atoms with van der Waals surface area (Å²) in [7, 11) is 1.82. The van der Waals surface area contributed by atoms with Crippen molar-refractivity contribution in [1.29, 1.82) is 0 Å². The lowest BCUT2D eigenvalue weighted by Gasteiger charge is -2.34. The van der Waals surface area contributed by atoms with Crippen molar-refractivity contribution in [3.05, 3.63) is 24.5 Å². The molecule has 1 aromatic rings. The molecule has 27 heavy (non-hydrogen) atoms. The number of piperidine rings is 1. The average molecular weight is 490 g/mol. The average Bonchev–Trinajstić information content (AvgIpc) is 3.22. The molecule has 1 aromatic heterocycles. The van der Waals surface area contributed by atoms with Crippen molar-refractivity contribution in [1.82, 2.24) is 15.2 Å². The molecule has 8 heteroatoms. The monoisotopic (exact) mass is 490 g/mol. The molecule has 0 radical (unpaired) electrons. The van der Waals surface area contributed by atoms with E-state index in [1.54, 1.807) is 12.4 Å². The van der Waals surface area contributed by atoms with Crippen LogP contribution in [0.5, 0.6) is 5.75 Å². The van der Waals surface area contributed by atoms with Crippen LogP contribution in [-0.2, 0) is 9.47 Å². The van der Waals surface area contributed by atoms with Gasteiger partial charge in [0.05, 0.1) is 31.6 Å². The third-order valence-corrected chi connectivity index (χ3v) is 4.78. The van der Waals surface area contributed by atoms with E-state index in [2.05, 4.69) is 20.2 Å². The van der Waals surface area contributed by atoms with Crippen molar-refractivity contribution in [2.24, 2.45) is 4.99 Å². The summed E-state index contributed by atoms with van der Waals surface area (Å²) in [5.74, 6) is 1.71. The summed E-state index contributed by atoms with van der Waals surface area (Å²) in [6, 6.07) is 3.77. The highest BCUT2D eigenvalue weighted by Gasteiger charge is 2.24. The first-order valence-electron chi connectivity index (χ1n) is 9.57. The van der Waals surface area contributed by atoms with E-state index in [0.29, 0.717) is 25.4 Å². The van der Waals surface area contributed by atoms with Gasteiger partial charge in [-0.2, -0.15) is 0 Å². The van der Waals surface area contributed by atoms with Crippen LogP contribution in [0.1, 0.15) is 25.7 Å². The van der Waals surface area contributed by atoms with Gasteiger partial charge in [-0.05, 0) is 37.8 Å². The van der Waals surface area contributed by atoms with Crippen LogP contribution in [0.25, 0.3) is 0 Å². The number of hydrogen-bond donors (Lipinski definition) is 1. The summed E-state index contributed by atoms with van der Waals surface area (Å²) in [5, 5.41) is 3.37. The Labute approximate surface area is 178 Å². The summed E-state index contributed by atoms with van der Waals surface area (Å²) in [6.07, 6.45) is 8.45. The van der Waals surface area contributed by atoms with Gasteiger partial charge in [0, 0.05) is 32.9 Å². The molecule has 1 unspecified atom stereocenters. The lowest BCUT2D eigenvalue weighted by Crippen LogP contribution is -2.48. The Kier molecular flexibility index (Phi) is 10.1. The molecular formula is C19H31IN4O3. The second kappa shape index (κ2) is 12.4. The smallest absolute Gasteiger partial charge is 0.193 e. The van der Waals surface area contributed by atoms with Gasteiger partial charge in [0.1, 0.15) is 12.4 Å². The Morgan fingerprint density at radius 2 is 2.22 bits per heavy atom. The third-order valence-electron chi connectivity index (χ3n) is 4.78. The van der Waals surface area contributed by atoms with Gasteiger partial charge >= 0.3 is 0 Å². The van der Waals surface area contributed by atoms with Gasteiger partial charge in [-0.25, -0.2) is 0 Å². The number of aliphatic imine (C=N–C) groups is 1. The second-order valence-electron chi connectivity index (χ2n) is 6.67. The van der Waals surface area contributed by atoms with Crippen molar-refractivity contribution in [2.75, 3.05) is 46.5 Å². The van der Waals surface area contributed by atoms with Crippen LogP contribution in [0.15, 0.2) is 29.5 Å². The molecule has 0 saturated carbocycles. The Balaban J connectivity index is 0.00000261. The maximum absolute atomic E-state index is 6.04. The Morgan fingerprint density at radius 3 is 2.89 bits per heavy atom. The molecule has 2 saturated heterocycles. The number of guanidine groups is 1. The number of ether oxygens (including phenoxy) is 3. The maximum atomic E-state index is 6.04. The van der Waals surface area contributed by atoms with Crippen molar-refractivity contribution in [3.63, 3.8) is 0 Å². The molecule has 152 valence electrons. The predicted octanol–water partition coefficient (Wildman–Crippen LogP) is 2.31. The maximum Gasteiger partial charge on any atom is 0.193 e. The lowest BCUT2D eigenvalue weighted by molar-refractivity contribution is -0.0367. The summed E-state index contributed by atoms with van der Waals surface area (Å²) in [5.41, 5.74) is 0. The van der Waals surface area contributed by atoms with E-state index >= 15 is 0 Å². The number of pyridine rings is 1. The summed E-state index contributed by atoms with van der Waals surface area (Å²) >= 11 is 0. The van der Waals surface area contributed by atoms with E-state index < -0.39 is 0 Å². The second-order valence-corrected chi connectivity index (χ2v) is 6.67. The molecule has 0 bridgehead atoms. The molecule has 2 fully saturated rings. The molecule has 2 aliphatic heterocycles. The quantitative estimate of drug-likeness (QED) is 0.274. The minimum absolute atomic E-state index is 0. The molecule has 1 N–H and O–H groups in total. The largest absolute Gasteiger partial charge is 0.490 e. The van der Waals surface area contributed by atoms with Crippen LogP contribution in [-0.4, -0.2) is 74.6 Å². The van der Waals surface area contributed by atoms with E-state index in [1.807, 2.05) is 19.2 Å². The molecule has 3 rings (SSSR count). The molecule has 0 aromatic carbocycles. The minimum Gasteiger partial charge on any atom is -0.490 e. The van der Waals surface area contributed by atoms with E-state index in [9.17, 15) is 0 Å². The van der Waals surface area contributed by atoms with Gasteiger partial charge < -0.3 is 24.4 Å². The van der Waals surface area contributed by atoms with E-state index in [4.69, 9.17) is 14.2 Å². The molecule has 2 aliphatic rings. The molecule has 0 amide bonds. The summed E-state index contributed by atoms with van der Waals surface area (Å²) in [6.45, 7) is 4.82. The van der Waals surface area contributed by atoms with Crippen LogP contribution in [0, 0.1) is 0 Å². The zero-order valence-corrected chi connectivity index (χ0v) is 18.3. The van der Waals surface area contributed by atoms with Crippen molar-refractivity contribution < 1.29 is 14.2 Å². The van der Waals surface area contributed by atoms with Crippen LogP contribution < -0.4 is 10.1 Å². The number of aromatic nitrogens is 1. The zero-order chi connectivity index (χ0) is 18.0. The molecule has 0 spiro atoms. The van der Waals surface area contributed by atoms with Gasteiger partial charge in [-0.15, -0.1) is 24.0 Å². The summed E-state index contributed by atoms with van der Waals surface area (Å²) < 4.78 is 17.3. The van der Waals surface area contributed by atoms with Crippen molar-refractivity contribution in [3.8, 4) is 5.75 Å². The first-order chi connectivity index (χ1) is 12.8. The third kappa shape index (κ3) is 7.42. The normalized spacial score (nSPS) is 21.0.